The lowest BCUT2D eigenvalue weighted by molar-refractivity contribution is 1.12. The van der Waals surface area contributed by atoms with Gasteiger partial charge in [0.2, 0.25) is 0 Å². The van der Waals surface area contributed by atoms with Crippen LogP contribution in [0.3, 0.4) is 0 Å². The molecular formula is C88H88N10. The molecule has 0 aliphatic carbocycles. The molecule has 0 aliphatic heterocycles. The van der Waals surface area contributed by atoms with Gasteiger partial charge in [-0.05, 0) is 268 Å². The van der Waals surface area contributed by atoms with Crippen LogP contribution >= 0.6 is 0 Å². The number of pyridine rings is 10. The fraction of sp³-hybridized carbons (Fsp3) is 0.159. The van der Waals surface area contributed by atoms with Gasteiger partial charge in [0.05, 0.1) is 17.1 Å². The summed E-state index contributed by atoms with van der Waals surface area (Å²) in [6.45, 7) is 28.7. The van der Waals surface area contributed by atoms with E-state index in [2.05, 4.69) is 236 Å². The molecule has 0 saturated heterocycles. The van der Waals surface area contributed by atoms with Crippen LogP contribution in [0.4, 0.5) is 0 Å². The van der Waals surface area contributed by atoms with E-state index < -0.39 is 0 Å². The molecule has 0 aliphatic rings. The maximum Gasteiger partial charge on any atom is 0.0891 e. The minimum atomic E-state index is 0.930. The molecule has 0 spiro atoms. The number of rotatable bonds is 7. The normalized spacial score (nSPS) is 10.1. The van der Waals surface area contributed by atoms with E-state index >= 15 is 0 Å². The first kappa shape index (κ1) is 72.2. The summed E-state index contributed by atoms with van der Waals surface area (Å²) in [7, 11) is 0. The zero-order valence-electron chi connectivity index (χ0n) is 59.0. The van der Waals surface area contributed by atoms with Crippen molar-refractivity contribution in [3.8, 4) is 78.3 Å². The van der Waals surface area contributed by atoms with Gasteiger partial charge in [0, 0.05) is 112 Å². The Kier molecular flexibility index (Phi) is 27.2. The van der Waals surface area contributed by atoms with Crippen LogP contribution in [0, 0.1) is 96.9 Å². The summed E-state index contributed by atoms with van der Waals surface area (Å²) in [6.07, 6.45) is 14.5. The van der Waals surface area contributed by atoms with Crippen molar-refractivity contribution >= 4 is 0 Å². The van der Waals surface area contributed by atoms with Crippen molar-refractivity contribution in [2.24, 2.45) is 0 Å². The summed E-state index contributed by atoms with van der Waals surface area (Å²) in [5, 5.41) is 0. The van der Waals surface area contributed by atoms with Crippen LogP contribution in [-0.2, 0) is 0 Å². The summed E-state index contributed by atoms with van der Waals surface area (Å²) >= 11 is 0. The Labute approximate surface area is 581 Å². The van der Waals surface area contributed by atoms with E-state index in [0.29, 0.717) is 0 Å². The minimum absolute atomic E-state index is 0.930. The van der Waals surface area contributed by atoms with Crippen LogP contribution in [0.5, 0.6) is 0 Å². The maximum absolute atomic E-state index is 4.44. The van der Waals surface area contributed by atoms with Gasteiger partial charge in [0.15, 0.2) is 0 Å². The van der Waals surface area contributed by atoms with E-state index in [0.717, 1.165) is 79.5 Å². The van der Waals surface area contributed by atoms with Crippen molar-refractivity contribution in [2.45, 2.75) is 96.9 Å². The third kappa shape index (κ3) is 24.0. The number of benzene rings is 4. The number of hydrogen-bond acceptors (Lipinski definition) is 10. The molecule has 10 heterocycles. The molecular weight excluding hydrogens is 1200 g/mol. The van der Waals surface area contributed by atoms with Crippen LogP contribution in [0.25, 0.3) is 78.3 Å². The Balaban J connectivity index is 0.000000146. The second kappa shape index (κ2) is 36.9. The summed E-state index contributed by atoms with van der Waals surface area (Å²) in [4.78, 5) is 42.5. The molecule has 0 atom stereocenters. The van der Waals surface area contributed by atoms with E-state index in [1.165, 1.54) is 77.9 Å². The molecule has 10 aromatic heterocycles. The van der Waals surface area contributed by atoms with Crippen molar-refractivity contribution in [2.75, 3.05) is 0 Å². The lowest BCUT2D eigenvalue weighted by Crippen LogP contribution is -1.90. The van der Waals surface area contributed by atoms with Gasteiger partial charge in [-0.3, -0.25) is 49.8 Å². The molecule has 0 N–H and O–H groups in total. The van der Waals surface area contributed by atoms with E-state index in [1.807, 2.05) is 160 Å². The Hall–Kier alpha value is -11.6. The molecule has 10 nitrogen and oxygen atoms in total. The second-order valence-electron chi connectivity index (χ2n) is 24.4. The predicted molar refractivity (Wildman–Crippen MR) is 407 cm³/mol. The predicted octanol–water partition coefficient (Wildman–Crippen LogP) is 21.7. The number of aromatic nitrogens is 10. The quantitative estimate of drug-likeness (QED) is 0.152. The van der Waals surface area contributed by atoms with Crippen LogP contribution < -0.4 is 0 Å². The number of hydrogen-bond donors (Lipinski definition) is 0. The smallest absolute Gasteiger partial charge is 0.0891 e. The Morgan fingerprint density at radius 3 is 0.827 bits per heavy atom. The highest BCUT2D eigenvalue weighted by atomic mass is 14.8. The highest BCUT2D eigenvalue weighted by Crippen LogP contribution is 2.26. The molecule has 0 bridgehead atoms. The number of nitrogens with zero attached hydrogens (tertiary/aromatic N) is 10. The van der Waals surface area contributed by atoms with Gasteiger partial charge in [-0.1, -0.05) is 138 Å². The monoisotopic (exact) mass is 1280 g/mol. The van der Waals surface area contributed by atoms with Crippen molar-refractivity contribution in [3.05, 3.63) is 359 Å². The fourth-order valence-electron chi connectivity index (χ4n) is 11.2. The van der Waals surface area contributed by atoms with E-state index in [-0.39, 0.29) is 0 Å². The first-order valence-electron chi connectivity index (χ1n) is 32.9. The van der Waals surface area contributed by atoms with E-state index in [9.17, 15) is 0 Å². The van der Waals surface area contributed by atoms with Crippen LogP contribution in [-0.4, -0.2) is 49.8 Å². The molecule has 14 aromatic rings. The molecule has 4 aromatic carbocycles. The Morgan fingerprint density at radius 2 is 0.480 bits per heavy atom. The third-order valence-electron chi connectivity index (χ3n) is 15.0. The summed E-state index contributed by atoms with van der Waals surface area (Å²) in [6, 6.07) is 78.7. The van der Waals surface area contributed by atoms with Gasteiger partial charge < -0.3 is 0 Å². The average molecular weight is 1290 g/mol. The van der Waals surface area contributed by atoms with Crippen LogP contribution in [0.1, 0.15) is 79.1 Å². The average Bonchev–Trinajstić information content (AvgIpc) is 0.947. The molecule has 0 radical (unpaired) electrons. The highest BCUT2D eigenvalue weighted by molar-refractivity contribution is 5.68. The van der Waals surface area contributed by atoms with Crippen LogP contribution in [0.2, 0.25) is 0 Å². The van der Waals surface area contributed by atoms with Crippen molar-refractivity contribution in [3.63, 3.8) is 0 Å². The first-order chi connectivity index (χ1) is 47.3. The van der Waals surface area contributed by atoms with Crippen LogP contribution in [0.15, 0.2) is 280 Å². The molecule has 0 amide bonds. The number of aryl methyl sites for hydroxylation is 14. The summed E-state index contributed by atoms with van der Waals surface area (Å²) in [5.41, 5.74) is 32.2. The third-order valence-corrected chi connectivity index (χ3v) is 15.0. The lowest BCUT2D eigenvalue weighted by atomic mass is 10.0. The van der Waals surface area contributed by atoms with E-state index in [1.54, 1.807) is 31.0 Å². The molecule has 14 rings (SSSR count). The minimum Gasteiger partial charge on any atom is -0.265 e. The molecule has 490 valence electrons. The lowest BCUT2D eigenvalue weighted by Gasteiger charge is -2.04. The Bertz CT molecular complexity index is 3750. The summed E-state index contributed by atoms with van der Waals surface area (Å²) in [5.74, 6) is 0. The standard InChI is InChI=1S/C14H14.2C13H13N.4C12H12N2/c1-11-8-12(2)10-14(9-11)13-6-4-3-5-7-13;1-10-7-11(2)9-13(8-10)12-3-5-14-6-4-12;1-10-8-13(9-11(2)14-10)12-6-4-3-5-7-12;1-9-7-12(8-10(2)14-9)11-3-5-13-6-4-11;1-9-6-12(7-10(2)14-9)11-4-3-5-13-8-11;1-9-7-11(8-10(2)14-9)12-5-3-4-6-13-12;1-9-7-10(2)14-12(8-9)11-5-3-4-6-13-11/h3-10H,1-2H3;2*3-9H,1-2H3;4*3-8H,1-2H3. The SMILES string of the molecule is Cc1cc(-c2ccccc2)cc(C)n1.Cc1cc(-c2ccccn2)cc(C)n1.Cc1cc(-c2cccnc2)cc(C)n1.Cc1cc(-c2ccncc2)cc(C)n1.Cc1cc(C)cc(-c2ccccc2)c1.Cc1cc(C)cc(-c2ccncc2)c1.Cc1cc(C)nc(-c2ccccn2)c1. The molecule has 0 unspecified atom stereocenters. The van der Waals surface area contributed by atoms with Gasteiger partial charge in [-0.2, -0.15) is 0 Å². The van der Waals surface area contributed by atoms with Gasteiger partial charge >= 0.3 is 0 Å². The largest absolute Gasteiger partial charge is 0.265 e. The Morgan fingerprint density at radius 1 is 0.173 bits per heavy atom. The van der Waals surface area contributed by atoms with Crippen molar-refractivity contribution in [1.29, 1.82) is 0 Å². The van der Waals surface area contributed by atoms with Crippen molar-refractivity contribution in [1.82, 2.24) is 49.8 Å². The van der Waals surface area contributed by atoms with Gasteiger partial charge in [0.25, 0.3) is 0 Å². The summed E-state index contributed by atoms with van der Waals surface area (Å²) < 4.78 is 0. The zero-order chi connectivity index (χ0) is 69.8. The maximum atomic E-state index is 4.44. The van der Waals surface area contributed by atoms with Crippen molar-refractivity contribution < 1.29 is 0 Å². The first-order valence-corrected chi connectivity index (χ1v) is 32.9. The second-order valence-corrected chi connectivity index (χ2v) is 24.4. The zero-order valence-corrected chi connectivity index (χ0v) is 59.0. The molecule has 98 heavy (non-hydrogen) atoms. The molecule has 0 fully saturated rings. The topological polar surface area (TPSA) is 129 Å². The molecule has 10 heteroatoms. The highest BCUT2D eigenvalue weighted by Gasteiger charge is 2.06. The molecule has 0 saturated carbocycles. The van der Waals surface area contributed by atoms with E-state index in [4.69, 9.17) is 0 Å². The fourth-order valence-corrected chi connectivity index (χ4v) is 11.2. The van der Waals surface area contributed by atoms with Gasteiger partial charge in [0.1, 0.15) is 0 Å². The van der Waals surface area contributed by atoms with Gasteiger partial charge in [-0.15, -0.1) is 0 Å². The van der Waals surface area contributed by atoms with Gasteiger partial charge in [-0.25, -0.2) is 0 Å².